The number of nitrogens with two attached hydrogens (primary N) is 1. The summed E-state index contributed by atoms with van der Waals surface area (Å²) in [6.07, 6.45) is 1.46. The Labute approximate surface area is 100 Å². The van der Waals surface area contributed by atoms with Crippen LogP contribution in [0.2, 0.25) is 5.15 Å². The van der Waals surface area contributed by atoms with E-state index in [2.05, 4.69) is 10.2 Å². The molecule has 0 aromatic carbocycles. The van der Waals surface area contributed by atoms with E-state index in [0.29, 0.717) is 27.3 Å². The summed E-state index contributed by atoms with van der Waals surface area (Å²) < 4.78 is 5.56. The van der Waals surface area contributed by atoms with Crippen molar-refractivity contribution in [2.24, 2.45) is 0 Å². The van der Waals surface area contributed by atoms with E-state index in [9.17, 15) is 4.79 Å². The number of thiophene rings is 1. The van der Waals surface area contributed by atoms with E-state index in [1.54, 1.807) is 6.92 Å². The number of aromatic nitrogens is 2. The van der Waals surface area contributed by atoms with Crippen LogP contribution in [-0.2, 0) is 4.74 Å². The van der Waals surface area contributed by atoms with Crippen molar-refractivity contribution in [3.8, 4) is 0 Å². The lowest BCUT2D eigenvalue weighted by molar-refractivity contribution is 0.0530. The van der Waals surface area contributed by atoms with Crippen molar-refractivity contribution >= 4 is 44.0 Å². The summed E-state index contributed by atoms with van der Waals surface area (Å²) in [6, 6.07) is 0. The molecule has 2 aromatic heterocycles. The predicted octanol–water partition coefficient (Wildman–Crippen LogP) is 2.10. The number of ether oxygens (including phenoxy) is 1. The van der Waals surface area contributed by atoms with Crippen molar-refractivity contribution < 1.29 is 9.53 Å². The van der Waals surface area contributed by atoms with Gasteiger partial charge in [-0.2, -0.15) is 5.10 Å². The van der Waals surface area contributed by atoms with Gasteiger partial charge in [-0.05, 0) is 6.92 Å². The zero-order valence-corrected chi connectivity index (χ0v) is 9.93. The fourth-order valence-electron chi connectivity index (χ4n) is 1.34. The largest absolute Gasteiger partial charge is 0.462 e. The van der Waals surface area contributed by atoms with E-state index in [0.717, 1.165) is 0 Å². The average Bonchev–Trinajstić information content (AvgIpc) is 2.56. The molecule has 0 aliphatic rings. The summed E-state index contributed by atoms with van der Waals surface area (Å²) in [5.74, 6) is -0.463. The van der Waals surface area contributed by atoms with Crippen LogP contribution in [0.5, 0.6) is 0 Å². The number of rotatable bonds is 2. The fraction of sp³-hybridized carbons (Fsp3) is 0.222. The van der Waals surface area contributed by atoms with Gasteiger partial charge < -0.3 is 10.5 Å². The number of carbonyl (C=O) groups is 1. The molecule has 0 radical (unpaired) electrons. The van der Waals surface area contributed by atoms with Gasteiger partial charge in [-0.15, -0.1) is 16.4 Å². The van der Waals surface area contributed by atoms with Crippen LogP contribution in [0.15, 0.2) is 6.20 Å². The molecule has 0 aliphatic carbocycles. The molecule has 84 valence electrons. The zero-order valence-electron chi connectivity index (χ0n) is 8.36. The van der Waals surface area contributed by atoms with E-state index in [4.69, 9.17) is 22.1 Å². The number of esters is 1. The van der Waals surface area contributed by atoms with Crippen molar-refractivity contribution in [2.45, 2.75) is 6.92 Å². The van der Waals surface area contributed by atoms with Crippen LogP contribution in [0.3, 0.4) is 0 Å². The van der Waals surface area contributed by atoms with E-state index in [1.807, 2.05) is 0 Å². The lowest BCUT2D eigenvalue weighted by atomic mass is 10.2. The molecule has 16 heavy (non-hydrogen) atoms. The summed E-state index contributed by atoms with van der Waals surface area (Å²) in [7, 11) is 0. The summed E-state index contributed by atoms with van der Waals surface area (Å²) >= 11 is 7.06. The van der Waals surface area contributed by atoms with Crippen molar-refractivity contribution in [1.29, 1.82) is 0 Å². The summed E-state index contributed by atoms with van der Waals surface area (Å²) in [5, 5.41) is 8.57. The third-order valence-corrected chi connectivity index (χ3v) is 3.39. The van der Waals surface area contributed by atoms with E-state index >= 15 is 0 Å². The Bertz CT molecular complexity index is 555. The van der Waals surface area contributed by atoms with Crippen LogP contribution in [0.25, 0.3) is 10.1 Å². The molecule has 2 rings (SSSR count). The summed E-state index contributed by atoms with van der Waals surface area (Å²) in [4.78, 5) is 11.7. The monoisotopic (exact) mass is 257 g/mol. The van der Waals surface area contributed by atoms with Crippen LogP contribution in [0.1, 0.15) is 17.3 Å². The Hall–Kier alpha value is -1.40. The Morgan fingerprint density at radius 3 is 3.12 bits per heavy atom. The highest BCUT2D eigenvalue weighted by Gasteiger charge is 2.20. The highest BCUT2D eigenvalue weighted by molar-refractivity contribution is 7.23. The first kappa shape index (κ1) is 11.1. The number of halogens is 1. The molecular weight excluding hydrogens is 250 g/mol. The predicted molar refractivity (Wildman–Crippen MR) is 62.8 cm³/mol. The van der Waals surface area contributed by atoms with Crippen molar-refractivity contribution in [3.05, 3.63) is 16.9 Å². The summed E-state index contributed by atoms with van der Waals surface area (Å²) in [6.45, 7) is 2.03. The molecule has 0 saturated heterocycles. The Morgan fingerprint density at radius 2 is 2.44 bits per heavy atom. The van der Waals surface area contributed by atoms with E-state index in [-0.39, 0.29) is 5.15 Å². The number of hydrogen-bond acceptors (Lipinski definition) is 6. The zero-order chi connectivity index (χ0) is 11.7. The van der Waals surface area contributed by atoms with Crippen molar-refractivity contribution in [2.75, 3.05) is 12.3 Å². The molecular formula is C9H8ClN3O2S. The van der Waals surface area contributed by atoms with Crippen LogP contribution in [-0.4, -0.2) is 22.8 Å². The molecule has 2 aromatic rings. The maximum atomic E-state index is 11.7. The SMILES string of the molecule is CCOC(=O)c1c(N)sc2c(Cl)nncc12. The Balaban J connectivity index is 2.65. The molecule has 0 fully saturated rings. The minimum absolute atomic E-state index is 0.241. The van der Waals surface area contributed by atoms with E-state index < -0.39 is 5.97 Å². The molecule has 0 unspecified atom stereocenters. The van der Waals surface area contributed by atoms with Gasteiger partial charge in [-0.3, -0.25) is 0 Å². The number of anilines is 1. The first-order chi connectivity index (χ1) is 7.65. The molecule has 0 saturated carbocycles. The molecule has 7 heteroatoms. The lowest BCUT2D eigenvalue weighted by Gasteiger charge is -2.00. The smallest absolute Gasteiger partial charge is 0.341 e. The molecule has 0 spiro atoms. The first-order valence-electron chi connectivity index (χ1n) is 4.51. The van der Waals surface area contributed by atoms with Gasteiger partial charge >= 0.3 is 5.97 Å². The van der Waals surface area contributed by atoms with Gasteiger partial charge in [0.15, 0.2) is 5.15 Å². The van der Waals surface area contributed by atoms with Gasteiger partial charge in [0.25, 0.3) is 0 Å². The topological polar surface area (TPSA) is 78.1 Å². The Morgan fingerprint density at radius 1 is 1.69 bits per heavy atom. The van der Waals surface area contributed by atoms with Crippen molar-refractivity contribution in [1.82, 2.24) is 10.2 Å². The van der Waals surface area contributed by atoms with Gasteiger partial charge in [0.05, 0.1) is 17.5 Å². The minimum atomic E-state index is -0.463. The normalized spacial score (nSPS) is 10.6. The number of nitrogens with zero attached hydrogens (tertiary/aromatic N) is 2. The van der Waals surface area contributed by atoms with Crippen LogP contribution in [0.4, 0.5) is 5.00 Å². The van der Waals surface area contributed by atoms with Gasteiger partial charge in [0.1, 0.15) is 10.6 Å². The lowest BCUT2D eigenvalue weighted by Crippen LogP contribution is -2.06. The molecule has 5 nitrogen and oxygen atoms in total. The highest BCUT2D eigenvalue weighted by atomic mass is 35.5. The summed E-state index contributed by atoms with van der Waals surface area (Å²) in [5.41, 5.74) is 6.08. The molecule has 2 N–H and O–H groups in total. The third-order valence-electron chi connectivity index (χ3n) is 1.97. The minimum Gasteiger partial charge on any atom is -0.462 e. The van der Waals surface area contributed by atoms with Crippen LogP contribution < -0.4 is 5.73 Å². The van der Waals surface area contributed by atoms with Crippen molar-refractivity contribution in [3.63, 3.8) is 0 Å². The molecule has 0 atom stereocenters. The van der Waals surface area contributed by atoms with Gasteiger partial charge in [-0.1, -0.05) is 11.6 Å². The van der Waals surface area contributed by atoms with Gasteiger partial charge in [0.2, 0.25) is 0 Å². The second-order valence-corrected chi connectivity index (χ2v) is 4.35. The van der Waals surface area contributed by atoms with Gasteiger partial charge in [0, 0.05) is 5.39 Å². The molecule has 0 bridgehead atoms. The van der Waals surface area contributed by atoms with Gasteiger partial charge in [-0.25, -0.2) is 4.79 Å². The average molecular weight is 258 g/mol. The maximum absolute atomic E-state index is 11.7. The fourth-order valence-corrected chi connectivity index (χ4v) is 2.50. The Kier molecular flexibility index (Phi) is 2.93. The quantitative estimate of drug-likeness (QED) is 0.834. The van der Waals surface area contributed by atoms with Crippen LogP contribution in [0, 0.1) is 0 Å². The highest BCUT2D eigenvalue weighted by Crippen LogP contribution is 2.36. The number of nitrogen functional groups attached to an aromatic ring is 1. The molecule has 0 amide bonds. The number of carbonyl (C=O) groups excluding carboxylic acids is 1. The maximum Gasteiger partial charge on any atom is 0.341 e. The second-order valence-electron chi connectivity index (χ2n) is 2.94. The number of fused-ring (bicyclic) bond motifs is 1. The third kappa shape index (κ3) is 1.70. The number of hydrogen-bond donors (Lipinski definition) is 1. The first-order valence-corrected chi connectivity index (χ1v) is 5.70. The molecule has 0 aliphatic heterocycles. The van der Waals surface area contributed by atoms with E-state index in [1.165, 1.54) is 17.5 Å². The molecule has 2 heterocycles. The second kappa shape index (κ2) is 4.23. The van der Waals surface area contributed by atoms with Crippen LogP contribution >= 0.6 is 22.9 Å². The standard InChI is InChI=1S/C9H8ClN3O2S/c1-2-15-9(14)5-4-3-12-13-7(10)6(4)16-8(5)11/h3H,2,11H2,1H3.